The molecule has 0 radical (unpaired) electrons. The van der Waals surface area contributed by atoms with Gasteiger partial charge in [-0.2, -0.15) is 0 Å². The zero-order valence-electron chi connectivity index (χ0n) is 10.7. The van der Waals surface area contributed by atoms with Gasteiger partial charge in [0.05, 0.1) is 6.10 Å². The highest BCUT2D eigenvalue weighted by Gasteiger charge is 2.11. The third kappa shape index (κ3) is 4.68. The highest BCUT2D eigenvalue weighted by Crippen LogP contribution is 2.13. The Morgan fingerprint density at radius 3 is 2.56 bits per heavy atom. The van der Waals surface area contributed by atoms with Crippen LogP contribution in [-0.2, 0) is 11.2 Å². The van der Waals surface area contributed by atoms with Crippen LogP contribution < -0.4 is 11.3 Å². The number of hydrogen-bond acceptors (Lipinski definition) is 3. The number of rotatable bonds is 7. The zero-order valence-corrected chi connectivity index (χ0v) is 10.7. The van der Waals surface area contributed by atoms with Crippen molar-refractivity contribution < 1.29 is 13.5 Å². The monoisotopic (exact) mass is 258 g/mol. The molecule has 0 aliphatic rings. The van der Waals surface area contributed by atoms with Crippen molar-refractivity contribution in [2.75, 3.05) is 7.11 Å². The Hall–Kier alpha value is -1.04. The van der Waals surface area contributed by atoms with Crippen molar-refractivity contribution in [2.24, 2.45) is 5.84 Å². The summed E-state index contributed by atoms with van der Waals surface area (Å²) < 4.78 is 31.0. The second kappa shape index (κ2) is 7.41. The molecule has 0 saturated carbocycles. The fourth-order valence-electron chi connectivity index (χ4n) is 1.75. The molecule has 2 unspecified atom stereocenters. The molecule has 0 aromatic heterocycles. The van der Waals surface area contributed by atoms with Gasteiger partial charge in [-0.05, 0) is 43.9 Å². The summed E-state index contributed by atoms with van der Waals surface area (Å²) in [6, 6.07) is 3.94. The van der Waals surface area contributed by atoms with E-state index in [4.69, 9.17) is 10.6 Å². The lowest BCUT2D eigenvalue weighted by Gasteiger charge is -2.18. The van der Waals surface area contributed by atoms with Crippen molar-refractivity contribution in [1.82, 2.24) is 5.43 Å². The lowest BCUT2D eigenvalue weighted by molar-refractivity contribution is 0.106. The Bertz CT molecular complexity index is 374. The van der Waals surface area contributed by atoms with E-state index in [1.54, 1.807) is 13.2 Å². The second-order valence-corrected chi connectivity index (χ2v) is 4.44. The van der Waals surface area contributed by atoms with Gasteiger partial charge in [0.15, 0.2) is 11.6 Å². The fourth-order valence-corrected chi connectivity index (χ4v) is 1.75. The second-order valence-electron chi connectivity index (χ2n) is 4.44. The smallest absolute Gasteiger partial charge is 0.159 e. The first-order valence-corrected chi connectivity index (χ1v) is 5.99. The summed E-state index contributed by atoms with van der Waals surface area (Å²) in [6.07, 6.45) is 2.38. The van der Waals surface area contributed by atoms with E-state index in [1.807, 2.05) is 6.92 Å². The van der Waals surface area contributed by atoms with Crippen LogP contribution in [0.3, 0.4) is 0 Å². The summed E-state index contributed by atoms with van der Waals surface area (Å²) in [4.78, 5) is 0. The van der Waals surface area contributed by atoms with E-state index in [9.17, 15) is 8.78 Å². The number of benzene rings is 1. The molecule has 0 fully saturated rings. The molecular formula is C13H20F2N2O. The third-order valence-electron chi connectivity index (χ3n) is 3.03. The Balaban J connectivity index is 2.54. The maximum atomic E-state index is 13.1. The third-order valence-corrected chi connectivity index (χ3v) is 3.03. The van der Waals surface area contributed by atoms with Crippen LogP contribution in [0.15, 0.2) is 18.2 Å². The summed E-state index contributed by atoms with van der Waals surface area (Å²) in [5.74, 6) is 3.80. The van der Waals surface area contributed by atoms with Gasteiger partial charge >= 0.3 is 0 Å². The van der Waals surface area contributed by atoms with Crippen molar-refractivity contribution in [3.8, 4) is 0 Å². The largest absolute Gasteiger partial charge is 0.382 e. The van der Waals surface area contributed by atoms with E-state index >= 15 is 0 Å². The van der Waals surface area contributed by atoms with E-state index in [0.717, 1.165) is 24.5 Å². The molecule has 0 aliphatic carbocycles. The molecule has 102 valence electrons. The number of hydrazine groups is 1. The predicted molar refractivity (Wildman–Crippen MR) is 66.9 cm³/mol. The van der Waals surface area contributed by atoms with Crippen molar-refractivity contribution in [1.29, 1.82) is 0 Å². The maximum absolute atomic E-state index is 13.1. The van der Waals surface area contributed by atoms with Gasteiger partial charge in [0.25, 0.3) is 0 Å². The number of ether oxygens (including phenoxy) is 1. The molecule has 0 aliphatic heterocycles. The normalized spacial score (nSPS) is 14.5. The molecule has 1 aromatic rings. The van der Waals surface area contributed by atoms with E-state index < -0.39 is 11.6 Å². The SMILES string of the molecule is COC(C)CCC(Cc1ccc(F)c(F)c1)NN. The van der Waals surface area contributed by atoms with Gasteiger partial charge in [0, 0.05) is 13.2 Å². The number of nitrogens with one attached hydrogen (secondary N) is 1. The Morgan fingerprint density at radius 2 is 2.00 bits per heavy atom. The van der Waals surface area contributed by atoms with Gasteiger partial charge in [-0.1, -0.05) is 6.07 Å². The van der Waals surface area contributed by atoms with Crippen LogP contribution in [0, 0.1) is 11.6 Å². The highest BCUT2D eigenvalue weighted by molar-refractivity contribution is 5.18. The molecule has 1 aromatic carbocycles. The first kappa shape index (κ1) is 15.0. The molecular weight excluding hydrogens is 238 g/mol. The molecule has 3 nitrogen and oxygen atoms in total. The Labute approximate surface area is 106 Å². The van der Waals surface area contributed by atoms with E-state index in [2.05, 4.69) is 5.43 Å². The summed E-state index contributed by atoms with van der Waals surface area (Å²) in [6.45, 7) is 1.98. The van der Waals surface area contributed by atoms with Crippen LogP contribution in [0.25, 0.3) is 0 Å². The van der Waals surface area contributed by atoms with Gasteiger partial charge in [-0.25, -0.2) is 8.78 Å². The quantitative estimate of drug-likeness (QED) is 0.582. The summed E-state index contributed by atoms with van der Waals surface area (Å²) in [7, 11) is 1.66. The van der Waals surface area contributed by atoms with Gasteiger partial charge in [-0.15, -0.1) is 0 Å². The molecule has 2 atom stereocenters. The van der Waals surface area contributed by atoms with Crippen molar-refractivity contribution in [2.45, 2.75) is 38.3 Å². The van der Waals surface area contributed by atoms with Gasteiger partial charge in [0.2, 0.25) is 0 Å². The topological polar surface area (TPSA) is 47.3 Å². The molecule has 5 heteroatoms. The van der Waals surface area contributed by atoms with Crippen LogP contribution in [-0.4, -0.2) is 19.3 Å². The van der Waals surface area contributed by atoms with Crippen molar-refractivity contribution >= 4 is 0 Å². The number of hydrogen-bond donors (Lipinski definition) is 2. The molecule has 0 amide bonds. The van der Waals surface area contributed by atoms with E-state index in [1.165, 1.54) is 6.07 Å². The molecule has 1 rings (SSSR count). The lowest BCUT2D eigenvalue weighted by atomic mass is 10.0. The molecule has 0 spiro atoms. The van der Waals surface area contributed by atoms with Crippen LogP contribution in [0.5, 0.6) is 0 Å². The summed E-state index contributed by atoms with van der Waals surface area (Å²) >= 11 is 0. The van der Waals surface area contributed by atoms with Gasteiger partial charge in [0.1, 0.15) is 0 Å². The van der Waals surface area contributed by atoms with E-state index in [0.29, 0.717) is 6.42 Å². The molecule has 0 bridgehead atoms. The van der Waals surface area contributed by atoms with Crippen LogP contribution >= 0.6 is 0 Å². The van der Waals surface area contributed by atoms with Crippen molar-refractivity contribution in [3.63, 3.8) is 0 Å². The molecule has 0 saturated heterocycles. The van der Waals surface area contributed by atoms with Gasteiger partial charge < -0.3 is 4.74 Å². The van der Waals surface area contributed by atoms with Crippen LogP contribution in [0.1, 0.15) is 25.3 Å². The average Bonchev–Trinajstić information content (AvgIpc) is 2.38. The number of nitrogens with two attached hydrogens (primary N) is 1. The zero-order chi connectivity index (χ0) is 13.5. The highest BCUT2D eigenvalue weighted by atomic mass is 19.2. The molecule has 18 heavy (non-hydrogen) atoms. The lowest BCUT2D eigenvalue weighted by Crippen LogP contribution is -2.37. The molecule has 3 N–H and O–H groups in total. The summed E-state index contributed by atoms with van der Waals surface area (Å²) in [5, 5.41) is 0. The maximum Gasteiger partial charge on any atom is 0.159 e. The van der Waals surface area contributed by atoms with Crippen LogP contribution in [0.4, 0.5) is 8.78 Å². The first-order chi connectivity index (χ1) is 8.56. The minimum Gasteiger partial charge on any atom is -0.382 e. The average molecular weight is 258 g/mol. The minimum absolute atomic E-state index is 0.0208. The van der Waals surface area contributed by atoms with Crippen molar-refractivity contribution in [3.05, 3.63) is 35.4 Å². The number of methoxy groups -OCH3 is 1. The Kier molecular flexibility index (Phi) is 6.18. The number of halogens is 2. The Morgan fingerprint density at radius 1 is 1.28 bits per heavy atom. The molecule has 0 heterocycles. The minimum atomic E-state index is -0.830. The summed E-state index contributed by atoms with van der Waals surface area (Å²) in [5.41, 5.74) is 3.42. The fraction of sp³-hybridized carbons (Fsp3) is 0.538. The van der Waals surface area contributed by atoms with Gasteiger partial charge in [-0.3, -0.25) is 11.3 Å². The van der Waals surface area contributed by atoms with E-state index in [-0.39, 0.29) is 12.1 Å². The van der Waals surface area contributed by atoms with Crippen LogP contribution in [0.2, 0.25) is 0 Å². The standard InChI is InChI=1S/C13H20F2N2O/c1-9(18-2)3-5-11(17-16)7-10-4-6-12(14)13(15)8-10/h4,6,8-9,11,17H,3,5,7,16H2,1-2H3. The first-order valence-electron chi connectivity index (χ1n) is 5.99. The predicted octanol–water partition coefficient (Wildman–Crippen LogP) is 2.15.